The second-order valence-electron chi connectivity index (χ2n) is 2.72. The Balaban J connectivity index is -0.000000142. The second kappa shape index (κ2) is 25.5. The molecule has 0 spiro atoms. The van der Waals surface area contributed by atoms with Crippen molar-refractivity contribution in [3.05, 3.63) is 56.6 Å². The zero-order chi connectivity index (χ0) is 14.8. The Morgan fingerprint density at radius 1 is 1.16 bits per heavy atom. The van der Waals surface area contributed by atoms with Crippen molar-refractivity contribution in [3.8, 4) is 0 Å². The molecule has 1 rings (SSSR count). The number of aliphatic hydroxyl groups is 1. The molecule has 0 amide bonds. The Morgan fingerprint density at radius 2 is 1.68 bits per heavy atom. The van der Waals surface area contributed by atoms with E-state index in [1.54, 1.807) is 12.3 Å². The topological polar surface area (TPSA) is 89.2 Å². The predicted octanol–water partition coefficient (Wildman–Crippen LogP) is 1.67. The van der Waals surface area contributed by atoms with Crippen molar-refractivity contribution in [1.82, 2.24) is 0 Å². The molecule has 0 aromatic carbocycles. The molecule has 5 nitrogen and oxygen atoms in total. The Bertz CT molecular complexity index is 300. The number of hydrogen-bond donors (Lipinski definition) is 1. The summed E-state index contributed by atoms with van der Waals surface area (Å²) < 4.78 is 27.7. The molecule has 1 aliphatic rings. The van der Waals surface area contributed by atoms with Crippen LogP contribution in [0.3, 0.4) is 0 Å². The molecule has 19 heavy (non-hydrogen) atoms. The molecule has 2 atom stereocenters. The Morgan fingerprint density at radius 3 is 2.11 bits per heavy atom. The van der Waals surface area contributed by atoms with Gasteiger partial charge in [0.15, 0.2) is 0 Å². The first-order chi connectivity index (χ1) is 8.83. The third kappa shape index (κ3) is 19.2. The fraction of sp³-hybridized carbons (Fsp3) is 0.308. The van der Waals surface area contributed by atoms with E-state index in [9.17, 15) is 5.11 Å². The number of ether oxygens (including phenoxy) is 1. The van der Waals surface area contributed by atoms with Crippen LogP contribution in [0.5, 0.6) is 0 Å². The van der Waals surface area contributed by atoms with Gasteiger partial charge >= 0.3 is 33.9 Å². The van der Waals surface area contributed by atoms with Crippen molar-refractivity contribution in [3.63, 3.8) is 0 Å². The molecule has 0 radical (unpaired) electrons. The molecule has 1 aliphatic heterocycles. The van der Waals surface area contributed by atoms with Crippen molar-refractivity contribution in [2.24, 2.45) is 0 Å². The van der Waals surface area contributed by atoms with Crippen LogP contribution in [0.2, 0.25) is 0 Å². The van der Waals surface area contributed by atoms with Crippen molar-refractivity contribution in [1.29, 1.82) is 0 Å². The van der Waals surface area contributed by atoms with E-state index in [2.05, 4.69) is 20.0 Å². The summed E-state index contributed by atoms with van der Waals surface area (Å²) in [4.78, 5) is 0. The fourth-order valence-electron chi connectivity index (χ4n) is 1.03. The third-order valence-electron chi connectivity index (χ3n) is 1.66. The van der Waals surface area contributed by atoms with Gasteiger partial charge in [0.1, 0.15) is 6.10 Å². The van der Waals surface area contributed by atoms with Gasteiger partial charge in [0, 0.05) is 23.5 Å². The standard InChI is InChI=1S/C10H14O2.3CO.Fe/c1-2-3-4-5-10-8-9(11)6-7-12-10;3*1-2;/h2-7,9-11H,8H2,1H3;;;;/b3-2+,5-4+;;;;. The predicted molar refractivity (Wildman–Crippen MR) is 60.4 cm³/mol. The zero-order valence-electron chi connectivity index (χ0n) is 10.3. The maximum Gasteiger partial charge on any atom is 0 e. The van der Waals surface area contributed by atoms with Gasteiger partial charge in [-0.3, -0.25) is 0 Å². The molecular weight excluding hydrogens is 292 g/mol. The summed E-state index contributed by atoms with van der Waals surface area (Å²) in [6.45, 7) is 15.5. The molecule has 0 aromatic rings. The van der Waals surface area contributed by atoms with Gasteiger partial charge in [-0.15, -0.1) is 0 Å². The van der Waals surface area contributed by atoms with E-state index in [4.69, 9.17) is 18.7 Å². The fourth-order valence-corrected chi connectivity index (χ4v) is 1.03. The van der Waals surface area contributed by atoms with Gasteiger partial charge in [-0.05, 0) is 19.1 Å². The van der Waals surface area contributed by atoms with E-state index < -0.39 is 0 Å². The van der Waals surface area contributed by atoms with Crippen LogP contribution in [0.4, 0.5) is 0 Å². The maximum atomic E-state index is 9.22. The average molecular weight is 306 g/mol. The summed E-state index contributed by atoms with van der Waals surface area (Å²) in [7, 11) is 0. The van der Waals surface area contributed by atoms with Crippen molar-refractivity contribution < 1.29 is 40.9 Å². The summed E-state index contributed by atoms with van der Waals surface area (Å²) in [6.07, 6.45) is 11.3. The van der Waals surface area contributed by atoms with Crippen LogP contribution in [0.15, 0.2) is 36.6 Å². The zero-order valence-corrected chi connectivity index (χ0v) is 11.4. The minimum Gasteiger partial charge on any atom is 0 e. The molecule has 0 aromatic heterocycles. The minimum absolute atomic E-state index is 0. The van der Waals surface area contributed by atoms with E-state index in [-0.39, 0.29) is 29.3 Å². The second-order valence-corrected chi connectivity index (χ2v) is 2.72. The summed E-state index contributed by atoms with van der Waals surface area (Å²) >= 11 is 0. The first-order valence-corrected chi connectivity index (χ1v) is 4.74. The third-order valence-corrected chi connectivity index (χ3v) is 1.66. The Labute approximate surface area is 123 Å². The number of allylic oxidation sites excluding steroid dienone is 3. The summed E-state index contributed by atoms with van der Waals surface area (Å²) in [5.41, 5.74) is 0. The van der Waals surface area contributed by atoms with E-state index in [0.717, 1.165) is 0 Å². The first kappa shape index (κ1) is 26.3. The minimum atomic E-state index is -0.362. The smallest absolute Gasteiger partial charge is 0 e. The van der Waals surface area contributed by atoms with Gasteiger partial charge in [-0.2, -0.15) is 0 Å². The van der Waals surface area contributed by atoms with Crippen LogP contribution in [0, 0.1) is 20.0 Å². The first-order valence-electron chi connectivity index (χ1n) is 4.74. The molecule has 0 saturated carbocycles. The van der Waals surface area contributed by atoms with Gasteiger partial charge in [0.05, 0.1) is 12.4 Å². The van der Waals surface area contributed by atoms with Gasteiger partial charge in [0.2, 0.25) is 0 Å². The van der Waals surface area contributed by atoms with Gasteiger partial charge in [-0.25, -0.2) is 0 Å². The van der Waals surface area contributed by atoms with Crippen molar-refractivity contribution in [2.45, 2.75) is 25.6 Å². The molecule has 0 fully saturated rings. The maximum absolute atomic E-state index is 9.22. The molecule has 2 unspecified atom stereocenters. The van der Waals surface area contributed by atoms with Crippen LogP contribution in [-0.2, 0) is 35.8 Å². The molecule has 0 aliphatic carbocycles. The number of rotatable bonds is 2. The van der Waals surface area contributed by atoms with Gasteiger partial charge in [0.25, 0.3) is 0 Å². The molecule has 0 bridgehead atoms. The van der Waals surface area contributed by atoms with Crippen LogP contribution >= 0.6 is 0 Å². The molecule has 104 valence electrons. The Kier molecular flexibility index (Phi) is 35.4. The van der Waals surface area contributed by atoms with Crippen molar-refractivity contribution >= 4 is 0 Å². The van der Waals surface area contributed by atoms with E-state index >= 15 is 0 Å². The average Bonchev–Trinajstić information content (AvgIpc) is 2.46. The molecule has 1 heterocycles. The Hall–Kier alpha value is -1.28. The van der Waals surface area contributed by atoms with E-state index in [1.807, 2.05) is 31.2 Å². The van der Waals surface area contributed by atoms with Gasteiger partial charge in [-0.1, -0.05) is 18.2 Å². The quantitative estimate of drug-likeness (QED) is 0.364. The normalized spacial score (nSPS) is 19.2. The summed E-state index contributed by atoms with van der Waals surface area (Å²) in [6, 6.07) is 0. The molecular formula is C13H14FeO5. The van der Waals surface area contributed by atoms with Crippen molar-refractivity contribution in [2.75, 3.05) is 0 Å². The van der Waals surface area contributed by atoms with E-state index in [0.29, 0.717) is 6.42 Å². The monoisotopic (exact) mass is 306 g/mol. The largest absolute Gasteiger partial charge is 0 e. The summed E-state index contributed by atoms with van der Waals surface area (Å²) in [5, 5.41) is 9.22. The summed E-state index contributed by atoms with van der Waals surface area (Å²) in [5.74, 6) is 0. The SMILES string of the molecule is C/C=C/C=C/C1CC(O)C=CO1.[C-]#[O+].[C-]#[O+].[C-]#[O+].[Fe]. The van der Waals surface area contributed by atoms with Gasteiger partial charge < -0.3 is 9.84 Å². The van der Waals surface area contributed by atoms with Crippen LogP contribution in [0.25, 0.3) is 0 Å². The van der Waals surface area contributed by atoms with Crippen LogP contribution in [-0.4, -0.2) is 17.3 Å². The van der Waals surface area contributed by atoms with Crippen LogP contribution < -0.4 is 0 Å². The number of aliphatic hydroxyl groups excluding tert-OH is 1. The van der Waals surface area contributed by atoms with Crippen LogP contribution in [0.1, 0.15) is 13.3 Å². The number of hydrogen-bond acceptors (Lipinski definition) is 2. The molecule has 6 heteroatoms. The molecule has 0 saturated heterocycles. The molecule has 1 N–H and O–H groups in total. The van der Waals surface area contributed by atoms with E-state index in [1.165, 1.54) is 0 Å².